The van der Waals surface area contributed by atoms with Crippen molar-refractivity contribution in [1.82, 2.24) is 19.0 Å². The molecule has 172 valence electrons. The van der Waals surface area contributed by atoms with Gasteiger partial charge in [-0.05, 0) is 49.8 Å². The van der Waals surface area contributed by atoms with Gasteiger partial charge >= 0.3 is 11.4 Å². The fourth-order valence-corrected chi connectivity index (χ4v) is 5.47. The van der Waals surface area contributed by atoms with Crippen LogP contribution in [0.15, 0.2) is 33.9 Å². The summed E-state index contributed by atoms with van der Waals surface area (Å²) in [7, 11) is 0. The van der Waals surface area contributed by atoms with E-state index in [1.165, 1.54) is 16.7 Å². The van der Waals surface area contributed by atoms with E-state index < -0.39 is 17.6 Å². The van der Waals surface area contributed by atoms with Crippen molar-refractivity contribution >= 4 is 0 Å². The first-order chi connectivity index (χ1) is 15.5. The van der Waals surface area contributed by atoms with Crippen LogP contribution in [0.3, 0.4) is 0 Å². The lowest BCUT2D eigenvalue weighted by Crippen LogP contribution is -2.50. The minimum atomic E-state index is -1.32. The average Bonchev–Trinajstić information content (AvgIpc) is 3.32. The highest BCUT2D eigenvalue weighted by Gasteiger charge is 2.42. The van der Waals surface area contributed by atoms with Crippen LogP contribution in [0.4, 0.5) is 8.78 Å². The van der Waals surface area contributed by atoms with Crippen LogP contribution in [0, 0.1) is 5.82 Å². The first kappa shape index (κ1) is 21.5. The molecule has 0 N–H and O–H groups in total. The molecular formula is C23H28F2N4O3. The zero-order valence-electron chi connectivity index (χ0n) is 18.0. The van der Waals surface area contributed by atoms with Crippen molar-refractivity contribution in [3.05, 3.63) is 62.4 Å². The molecule has 3 atom stereocenters. The number of aromatic nitrogens is 3. The highest BCUT2D eigenvalue weighted by Crippen LogP contribution is 2.37. The Morgan fingerprint density at radius 1 is 1.09 bits per heavy atom. The molecule has 2 unspecified atom stereocenters. The van der Waals surface area contributed by atoms with Gasteiger partial charge in [0, 0.05) is 31.6 Å². The van der Waals surface area contributed by atoms with E-state index in [1.54, 1.807) is 12.1 Å². The Labute approximate surface area is 184 Å². The molecule has 32 heavy (non-hydrogen) atoms. The Hall–Kier alpha value is -2.39. The Morgan fingerprint density at radius 3 is 2.53 bits per heavy atom. The monoisotopic (exact) mass is 446 g/mol. The summed E-state index contributed by atoms with van der Waals surface area (Å²) in [5.41, 5.74) is -0.164. The van der Waals surface area contributed by atoms with Crippen molar-refractivity contribution in [2.24, 2.45) is 0 Å². The third-order valence-electron chi connectivity index (χ3n) is 7.04. The number of hydrogen-bond donors (Lipinski definition) is 0. The summed E-state index contributed by atoms with van der Waals surface area (Å²) in [6, 6.07) is 6.79. The molecule has 9 heteroatoms. The molecular weight excluding hydrogens is 418 g/mol. The number of ether oxygens (including phenoxy) is 1. The minimum Gasteiger partial charge on any atom is -0.373 e. The minimum absolute atomic E-state index is 0.0973. The fourth-order valence-electron chi connectivity index (χ4n) is 5.47. The van der Waals surface area contributed by atoms with Gasteiger partial charge in [-0.1, -0.05) is 12.1 Å². The Kier molecular flexibility index (Phi) is 5.94. The van der Waals surface area contributed by atoms with E-state index in [1.807, 2.05) is 0 Å². The molecule has 0 spiro atoms. The van der Waals surface area contributed by atoms with Crippen LogP contribution in [0.1, 0.15) is 43.5 Å². The number of halogens is 2. The molecule has 7 nitrogen and oxygen atoms in total. The summed E-state index contributed by atoms with van der Waals surface area (Å²) in [5, 5.41) is 0. The number of hydrogen-bond acceptors (Lipinski definition) is 5. The molecule has 1 aromatic heterocycles. The third kappa shape index (κ3) is 4.28. The van der Waals surface area contributed by atoms with Crippen molar-refractivity contribution in [2.45, 2.75) is 82.6 Å². The predicted octanol–water partition coefficient (Wildman–Crippen LogP) is 2.04. The van der Waals surface area contributed by atoms with E-state index >= 15 is 4.39 Å². The van der Waals surface area contributed by atoms with Crippen LogP contribution in [0.25, 0.3) is 0 Å². The number of nitrogens with zero attached hydrogens (tertiary/aromatic N) is 4. The van der Waals surface area contributed by atoms with Crippen molar-refractivity contribution < 1.29 is 13.5 Å². The normalized spacial score (nSPS) is 25.8. The fraction of sp³-hybridized carbons (Fsp3) is 0.609. The second-order valence-electron chi connectivity index (χ2n) is 9.17. The third-order valence-corrected chi connectivity index (χ3v) is 7.04. The second kappa shape index (κ2) is 8.86. The van der Waals surface area contributed by atoms with E-state index in [-0.39, 0.29) is 37.1 Å². The average molecular weight is 446 g/mol. The van der Waals surface area contributed by atoms with E-state index in [9.17, 15) is 14.0 Å². The molecule has 1 aromatic carbocycles. The summed E-state index contributed by atoms with van der Waals surface area (Å²) in [6.07, 6.45) is 3.83. The topological polar surface area (TPSA) is 69.4 Å². The molecule has 5 rings (SSSR count). The summed E-state index contributed by atoms with van der Waals surface area (Å²) < 4.78 is 36.6. The first-order valence-corrected chi connectivity index (χ1v) is 11.4. The lowest BCUT2D eigenvalue weighted by atomic mass is 9.99. The van der Waals surface area contributed by atoms with Crippen LogP contribution in [0.5, 0.6) is 0 Å². The van der Waals surface area contributed by atoms with Gasteiger partial charge in [-0.25, -0.2) is 22.9 Å². The van der Waals surface area contributed by atoms with E-state index in [2.05, 4.69) is 9.88 Å². The van der Waals surface area contributed by atoms with Gasteiger partial charge < -0.3 is 4.74 Å². The molecule has 3 aliphatic heterocycles. The van der Waals surface area contributed by atoms with Gasteiger partial charge in [0.05, 0.1) is 19.3 Å². The van der Waals surface area contributed by atoms with Gasteiger partial charge in [0.2, 0.25) is 0 Å². The van der Waals surface area contributed by atoms with Crippen molar-refractivity contribution in [3.8, 4) is 0 Å². The zero-order valence-corrected chi connectivity index (χ0v) is 18.0. The van der Waals surface area contributed by atoms with Gasteiger partial charge in [0.15, 0.2) is 0 Å². The number of fused-ring (bicyclic) bond motifs is 3. The van der Waals surface area contributed by atoms with Crippen LogP contribution >= 0.6 is 0 Å². The maximum absolute atomic E-state index is 15.0. The molecule has 0 saturated carbocycles. The van der Waals surface area contributed by atoms with Crippen LogP contribution < -0.4 is 11.4 Å². The molecule has 3 aliphatic rings. The van der Waals surface area contributed by atoms with Gasteiger partial charge in [-0.15, -0.1) is 0 Å². The SMILES string of the molecule is O=c1nc2n(c(=O)n1C[C@H](F)CN1C3CCC1CC(OCc1ccc(F)cc1)C3)CCC2. The van der Waals surface area contributed by atoms with Crippen molar-refractivity contribution in [3.63, 3.8) is 0 Å². The molecule has 2 fully saturated rings. The smallest absolute Gasteiger partial charge is 0.353 e. The lowest BCUT2D eigenvalue weighted by Gasteiger charge is -2.39. The van der Waals surface area contributed by atoms with Crippen LogP contribution in [0.2, 0.25) is 0 Å². The number of piperidine rings is 1. The quantitative estimate of drug-likeness (QED) is 0.651. The first-order valence-electron chi connectivity index (χ1n) is 11.4. The predicted molar refractivity (Wildman–Crippen MR) is 114 cm³/mol. The Bertz CT molecular complexity index is 1070. The van der Waals surface area contributed by atoms with E-state index in [4.69, 9.17) is 4.74 Å². The molecule has 0 amide bonds. The van der Waals surface area contributed by atoms with Gasteiger partial charge in [0.25, 0.3) is 0 Å². The Morgan fingerprint density at radius 2 is 1.81 bits per heavy atom. The summed E-state index contributed by atoms with van der Waals surface area (Å²) in [4.78, 5) is 31.0. The van der Waals surface area contributed by atoms with Gasteiger partial charge in [-0.2, -0.15) is 4.98 Å². The Balaban J connectivity index is 1.18. The molecule has 2 bridgehead atoms. The van der Waals surface area contributed by atoms with Crippen molar-refractivity contribution in [1.29, 1.82) is 0 Å². The highest BCUT2D eigenvalue weighted by molar-refractivity contribution is 5.15. The maximum atomic E-state index is 15.0. The molecule has 2 aromatic rings. The largest absolute Gasteiger partial charge is 0.373 e. The summed E-state index contributed by atoms with van der Waals surface area (Å²) in [5.74, 6) is 0.244. The number of benzene rings is 1. The van der Waals surface area contributed by atoms with E-state index in [0.717, 1.165) is 42.2 Å². The maximum Gasteiger partial charge on any atom is 0.353 e. The number of aryl methyl sites for hydroxylation is 1. The van der Waals surface area contributed by atoms with Crippen LogP contribution in [-0.2, 0) is 30.9 Å². The molecule has 4 heterocycles. The van der Waals surface area contributed by atoms with Gasteiger partial charge in [-0.3, -0.25) is 9.47 Å². The van der Waals surface area contributed by atoms with Gasteiger partial charge in [0.1, 0.15) is 17.8 Å². The second-order valence-corrected chi connectivity index (χ2v) is 9.17. The standard InChI is InChI=1S/C23H28F2N4O3/c24-16-5-3-15(4-6-16)14-32-20-10-18-7-8-19(11-20)28(18)12-17(25)13-29-22(30)26-21-2-1-9-27(21)23(29)31/h3-6,17-20H,1-2,7-14H2/t17-,18?,19?,20?/m1/s1. The molecule has 2 saturated heterocycles. The molecule has 0 aliphatic carbocycles. The van der Waals surface area contributed by atoms with Crippen molar-refractivity contribution in [2.75, 3.05) is 6.54 Å². The molecule has 0 radical (unpaired) electrons. The summed E-state index contributed by atoms with van der Waals surface area (Å²) in [6.45, 7) is 0.918. The number of alkyl halides is 1. The zero-order chi connectivity index (χ0) is 22.2. The summed E-state index contributed by atoms with van der Waals surface area (Å²) >= 11 is 0. The van der Waals surface area contributed by atoms with E-state index in [0.29, 0.717) is 25.4 Å². The van der Waals surface area contributed by atoms with Crippen LogP contribution in [-0.4, -0.2) is 49.9 Å². The lowest BCUT2D eigenvalue weighted by molar-refractivity contribution is -0.0341. The number of rotatable bonds is 7. The highest BCUT2D eigenvalue weighted by atomic mass is 19.1.